The monoisotopic (exact) mass is 394 g/mol. The van der Waals surface area contributed by atoms with E-state index in [0.29, 0.717) is 18.9 Å². The Labute approximate surface area is 160 Å². The highest BCUT2D eigenvalue weighted by atomic mass is 19.2. The van der Waals surface area contributed by atoms with Crippen LogP contribution in [0.1, 0.15) is 33.1 Å². The zero-order valence-corrected chi connectivity index (χ0v) is 15.5. The predicted octanol–water partition coefficient (Wildman–Crippen LogP) is 3.41. The summed E-state index contributed by atoms with van der Waals surface area (Å²) in [5.74, 6) is -7.33. The first kappa shape index (κ1) is 20.1. The molecule has 1 fully saturated rings. The van der Waals surface area contributed by atoms with Crippen LogP contribution in [-0.4, -0.2) is 28.7 Å². The fourth-order valence-corrected chi connectivity index (χ4v) is 3.75. The first-order valence-electron chi connectivity index (χ1n) is 9.18. The Morgan fingerprint density at radius 2 is 1.64 bits per heavy atom. The standard InChI is InChI=1S/C20H21F3N2O3/c1-10(2)9-15(18(26)24-14-8-7-13(21)16(22)17(14)23)25-19(27)11-5-3-4-6-12(11)20(25)28/h3-4,7-8,10-12,15H,5-6,9H2,1-2H3,(H,24,26). The Kier molecular flexibility index (Phi) is 5.58. The van der Waals surface area contributed by atoms with Gasteiger partial charge in [0.15, 0.2) is 17.5 Å². The summed E-state index contributed by atoms with van der Waals surface area (Å²) < 4.78 is 40.5. The highest BCUT2D eigenvalue weighted by Gasteiger charge is 2.51. The van der Waals surface area contributed by atoms with Crippen LogP contribution in [-0.2, 0) is 14.4 Å². The molecule has 0 spiro atoms. The van der Waals surface area contributed by atoms with Gasteiger partial charge in [-0.3, -0.25) is 19.3 Å². The van der Waals surface area contributed by atoms with Gasteiger partial charge in [-0.15, -0.1) is 0 Å². The smallest absolute Gasteiger partial charge is 0.247 e. The van der Waals surface area contributed by atoms with Crippen LogP contribution in [0.2, 0.25) is 0 Å². The number of nitrogens with one attached hydrogen (secondary N) is 1. The number of fused-ring (bicyclic) bond motifs is 1. The maximum absolute atomic E-state index is 13.9. The molecular weight excluding hydrogens is 373 g/mol. The number of hydrogen-bond acceptors (Lipinski definition) is 3. The van der Waals surface area contributed by atoms with Crippen molar-refractivity contribution in [2.75, 3.05) is 5.32 Å². The fourth-order valence-electron chi connectivity index (χ4n) is 3.75. The lowest BCUT2D eigenvalue weighted by molar-refractivity contribution is -0.147. The number of allylic oxidation sites excluding steroid dienone is 2. The van der Waals surface area contributed by atoms with E-state index < -0.39 is 58.7 Å². The van der Waals surface area contributed by atoms with Gasteiger partial charge in [0.05, 0.1) is 17.5 Å². The Morgan fingerprint density at radius 1 is 1.07 bits per heavy atom. The third-order valence-electron chi connectivity index (χ3n) is 5.14. The van der Waals surface area contributed by atoms with Gasteiger partial charge in [0.1, 0.15) is 6.04 Å². The summed E-state index contributed by atoms with van der Waals surface area (Å²) >= 11 is 0. The maximum atomic E-state index is 13.9. The molecule has 1 aliphatic carbocycles. The molecule has 1 aromatic rings. The van der Waals surface area contributed by atoms with E-state index in [2.05, 4.69) is 5.32 Å². The van der Waals surface area contributed by atoms with Crippen molar-refractivity contribution >= 4 is 23.4 Å². The second kappa shape index (κ2) is 7.77. The molecule has 3 atom stereocenters. The molecule has 8 heteroatoms. The molecule has 1 aromatic carbocycles. The number of rotatable bonds is 5. The van der Waals surface area contributed by atoms with Gasteiger partial charge < -0.3 is 5.32 Å². The summed E-state index contributed by atoms with van der Waals surface area (Å²) in [4.78, 5) is 39.4. The van der Waals surface area contributed by atoms with E-state index >= 15 is 0 Å². The van der Waals surface area contributed by atoms with E-state index in [0.717, 1.165) is 11.0 Å². The molecule has 0 saturated carbocycles. The zero-order valence-electron chi connectivity index (χ0n) is 15.5. The van der Waals surface area contributed by atoms with Crippen LogP contribution < -0.4 is 5.32 Å². The van der Waals surface area contributed by atoms with Gasteiger partial charge >= 0.3 is 0 Å². The minimum atomic E-state index is -1.70. The molecule has 1 saturated heterocycles. The van der Waals surface area contributed by atoms with Crippen LogP contribution >= 0.6 is 0 Å². The third kappa shape index (κ3) is 3.55. The number of anilines is 1. The Bertz CT molecular complexity index is 827. The van der Waals surface area contributed by atoms with Gasteiger partial charge in [0.2, 0.25) is 17.7 Å². The van der Waals surface area contributed by atoms with Crippen molar-refractivity contribution in [3.8, 4) is 0 Å². The molecule has 0 radical (unpaired) electrons. The first-order chi connectivity index (χ1) is 13.2. The molecule has 5 nitrogen and oxygen atoms in total. The number of nitrogens with zero attached hydrogens (tertiary/aromatic N) is 1. The van der Waals surface area contributed by atoms with Crippen LogP contribution in [0.3, 0.4) is 0 Å². The maximum Gasteiger partial charge on any atom is 0.247 e. The van der Waals surface area contributed by atoms with Crippen molar-refractivity contribution in [1.82, 2.24) is 4.90 Å². The molecule has 28 heavy (non-hydrogen) atoms. The molecule has 2 aliphatic rings. The van der Waals surface area contributed by atoms with Crippen molar-refractivity contribution in [3.05, 3.63) is 41.7 Å². The summed E-state index contributed by atoms with van der Waals surface area (Å²) in [5, 5.41) is 2.20. The topological polar surface area (TPSA) is 66.5 Å². The van der Waals surface area contributed by atoms with Crippen molar-refractivity contribution in [2.45, 2.75) is 39.2 Å². The van der Waals surface area contributed by atoms with E-state index in [1.807, 2.05) is 26.0 Å². The van der Waals surface area contributed by atoms with Gasteiger partial charge in [-0.25, -0.2) is 13.2 Å². The number of hydrogen-bond donors (Lipinski definition) is 1. The van der Waals surface area contributed by atoms with E-state index in [1.54, 1.807) is 0 Å². The molecule has 1 heterocycles. The Balaban J connectivity index is 1.88. The van der Waals surface area contributed by atoms with Crippen LogP contribution in [0.15, 0.2) is 24.3 Å². The third-order valence-corrected chi connectivity index (χ3v) is 5.14. The summed E-state index contributed by atoms with van der Waals surface area (Å²) in [6.07, 6.45) is 4.70. The second-order valence-corrected chi connectivity index (χ2v) is 7.56. The SMILES string of the molecule is CC(C)CC(C(=O)Nc1ccc(F)c(F)c1F)N1C(=O)C2CC=CCC2C1=O. The van der Waals surface area contributed by atoms with Crippen LogP contribution in [0.4, 0.5) is 18.9 Å². The number of carbonyl (C=O) groups is 3. The molecular formula is C20H21F3N2O3. The molecule has 0 aromatic heterocycles. The molecule has 0 bridgehead atoms. The first-order valence-corrected chi connectivity index (χ1v) is 9.18. The largest absolute Gasteiger partial charge is 0.322 e. The van der Waals surface area contributed by atoms with Crippen molar-refractivity contribution in [3.63, 3.8) is 0 Å². The molecule has 150 valence electrons. The highest BCUT2D eigenvalue weighted by Crippen LogP contribution is 2.37. The lowest BCUT2D eigenvalue weighted by atomic mass is 9.85. The number of likely N-dealkylation sites (tertiary alicyclic amines) is 1. The number of carbonyl (C=O) groups excluding carboxylic acids is 3. The van der Waals surface area contributed by atoms with Crippen molar-refractivity contribution in [2.24, 2.45) is 17.8 Å². The molecule has 3 unspecified atom stereocenters. The molecule has 3 rings (SSSR count). The summed E-state index contributed by atoms with van der Waals surface area (Å²) in [6, 6.07) is 0.436. The van der Waals surface area contributed by atoms with Crippen LogP contribution in [0.5, 0.6) is 0 Å². The zero-order chi connectivity index (χ0) is 20.6. The van der Waals surface area contributed by atoms with E-state index in [9.17, 15) is 27.6 Å². The van der Waals surface area contributed by atoms with E-state index in [-0.39, 0.29) is 12.3 Å². The van der Waals surface area contributed by atoms with Crippen molar-refractivity contribution < 1.29 is 27.6 Å². The van der Waals surface area contributed by atoms with Crippen LogP contribution in [0, 0.1) is 35.2 Å². The minimum absolute atomic E-state index is 0.0492. The van der Waals surface area contributed by atoms with Crippen LogP contribution in [0.25, 0.3) is 0 Å². The molecule has 3 amide bonds. The number of imide groups is 1. The van der Waals surface area contributed by atoms with Gasteiger partial charge in [-0.2, -0.15) is 0 Å². The predicted molar refractivity (Wildman–Crippen MR) is 95.4 cm³/mol. The number of halogens is 3. The second-order valence-electron chi connectivity index (χ2n) is 7.56. The fraction of sp³-hybridized carbons (Fsp3) is 0.450. The highest BCUT2D eigenvalue weighted by molar-refractivity contribution is 6.10. The minimum Gasteiger partial charge on any atom is -0.322 e. The van der Waals surface area contributed by atoms with Gasteiger partial charge in [0, 0.05) is 0 Å². The summed E-state index contributed by atoms with van der Waals surface area (Å²) in [6.45, 7) is 3.64. The molecule has 1 N–H and O–H groups in total. The number of amides is 3. The average molecular weight is 394 g/mol. The average Bonchev–Trinajstić information content (AvgIpc) is 2.91. The molecule has 1 aliphatic heterocycles. The van der Waals surface area contributed by atoms with E-state index in [4.69, 9.17) is 0 Å². The number of benzene rings is 1. The van der Waals surface area contributed by atoms with Crippen molar-refractivity contribution in [1.29, 1.82) is 0 Å². The van der Waals surface area contributed by atoms with E-state index in [1.165, 1.54) is 0 Å². The normalized spacial score (nSPS) is 22.6. The summed E-state index contributed by atoms with van der Waals surface area (Å²) in [5.41, 5.74) is -0.546. The quantitative estimate of drug-likeness (QED) is 0.473. The Morgan fingerprint density at radius 3 is 2.18 bits per heavy atom. The lowest BCUT2D eigenvalue weighted by Gasteiger charge is -2.27. The Hall–Kier alpha value is -2.64. The van der Waals surface area contributed by atoms with Gasteiger partial charge in [0.25, 0.3) is 0 Å². The summed E-state index contributed by atoms with van der Waals surface area (Å²) in [7, 11) is 0. The lowest BCUT2D eigenvalue weighted by Crippen LogP contribution is -2.48. The van der Waals surface area contributed by atoms with Gasteiger partial charge in [-0.05, 0) is 37.3 Å². The van der Waals surface area contributed by atoms with Gasteiger partial charge in [-0.1, -0.05) is 26.0 Å².